The van der Waals surface area contributed by atoms with Crippen molar-refractivity contribution in [1.82, 2.24) is 19.8 Å². The van der Waals surface area contributed by atoms with Crippen LogP contribution in [0.15, 0.2) is 36.5 Å². The molecule has 1 aromatic heterocycles. The maximum absolute atomic E-state index is 13.4. The van der Waals surface area contributed by atoms with Crippen LogP contribution in [0.4, 0.5) is 0 Å². The van der Waals surface area contributed by atoms with E-state index in [1.165, 1.54) is 6.42 Å². The lowest BCUT2D eigenvalue weighted by Gasteiger charge is -2.36. The van der Waals surface area contributed by atoms with E-state index in [1.54, 1.807) is 6.20 Å². The van der Waals surface area contributed by atoms with E-state index in [1.807, 2.05) is 42.2 Å². The molecule has 0 aliphatic carbocycles. The number of aromatic nitrogens is 2. The lowest BCUT2D eigenvalue weighted by atomic mass is 9.97. The van der Waals surface area contributed by atoms with E-state index in [4.69, 9.17) is 0 Å². The van der Waals surface area contributed by atoms with Gasteiger partial charge in [0.15, 0.2) is 0 Å². The standard InChI is InChI=1S/C21H28N4O/c1-16-22-15-19(20(23-16)17-9-5-4-6-10-17)21(26)25-13-8-7-11-18(25)12-14-24(2)3/h4-6,9-10,15,18H,7-8,11-14H2,1-3H3. The number of benzene rings is 1. The summed E-state index contributed by atoms with van der Waals surface area (Å²) in [7, 11) is 4.16. The molecular formula is C21H28N4O. The number of aryl methyl sites for hydroxylation is 1. The molecule has 0 radical (unpaired) electrons. The Morgan fingerprint density at radius 1 is 1.23 bits per heavy atom. The van der Waals surface area contributed by atoms with Gasteiger partial charge in [0.2, 0.25) is 0 Å². The van der Waals surface area contributed by atoms with Crippen molar-refractivity contribution in [1.29, 1.82) is 0 Å². The average molecular weight is 352 g/mol. The van der Waals surface area contributed by atoms with Crippen LogP contribution in [0.25, 0.3) is 11.3 Å². The van der Waals surface area contributed by atoms with Crippen molar-refractivity contribution in [3.63, 3.8) is 0 Å². The van der Waals surface area contributed by atoms with Gasteiger partial charge in [-0.1, -0.05) is 30.3 Å². The summed E-state index contributed by atoms with van der Waals surface area (Å²) in [6.45, 7) is 3.67. The summed E-state index contributed by atoms with van der Waals surface area (Å²) in [5.41, 5.74) is 2.31. The van der Waals surface area contributed by atoms with E-state index in [0.717, 1.165) is 43.6 Å². The second kappa shape index (κ2) is 8.41. The van der Waals surface area contributed by atoms with E-state index in [2.05, 4.69) is 29.0 Å². The molecule has 138 valence electrons. The van der Waals surface area contributed by atoms with Crippen molar-refractivity contribution >= 4 is 5.91 Å². The summed E-state index contributed by atoms with van der Waals surface area (Å²) >= 11 is 0. The number of carbonyl (C=O) groups is 1. The molecule has 1 amide bonds. The number of piperidine rings is 1. The number of amides is 1. The topological polar surface area (TPSA) is 49.3 Å². The van der Waals surface area contributed by atoms with Crippen molar-refractivity contribution < 1.29 is 4.79 Å². The number of hydrogen-bond donors (Lipinski definition) is 0. The Labute approximate surface area is 156 Å². The number of rotatable bonds is 5. The Kier molecular flexibility index (Phi) is 5.99. The lowest BCUT2D eigenvalue weighted by molar-refractivity contribution is 0.0591. The Morgan fingerprint density at radius 2 is 2.00 bits per heavy atom. The monoisotopic (exact) mass is 352 g/mol. The molecule has 0 N–H and O–H groups in total. The molecule has 0 bridgehead atoms. The summed E-state index contributed by atoms with van der Waals surface area (Å²) < 4.78 is 0. The van der Waals surface area contributed by atoms with Gasteiger partial charge in [0.05, 0.1) is 11.3 Å². The van der Waals surface area contributed by atoms with Gasteiger partial charge in [-0.3, -0.25) is 4.79 Å². The Morgan fingerprint density at radius 3 is 2.73 bits per heavy atom. The summed E-state index contributed by atoms with van der Waals surface area (Å²) in [5.74, 6) is 0.746. The third kappa shape index (κ3) is 4.28. The maximum Gasteiger partial charge on any atom is 0.257 e. The number of hydrogen-bond acceptors (Lipinski definition) is 4. The zero-order valence-electron chi connectivity index (χ0n) is 16.0. The molecule has 1 aliphatic rings. The molecule has 5 nitrogen and oxygen atoms in total. The van der Waals surface area contributed by atoms with Crippen LogP contribution in [0.3, 0.4) is 0 Å². The molecule has 2 aromatic rings. The molecule has 3 rings (SSSR count). The third-order valence-electron chi connectivity index (χ3n) is 4.98. The first-order valence-corrected chi connectivity index (χ1v) is 9.41. The van der Waals surface area contributed by atoms with Gasteiger partial charge in [-0.15, -0.1) is 0 Å². The van der Waals surface area contributed by atoms with Crippen molar-refractivity contribution in [2.75, 3.05) is 27.2 Å². The van der Waals surface area contributed by atoms with Crippen molar-refractivity contribution in [2.45, 2.75) is 38.6 Å². The third-order valence-corrected chi connectivity index (χ3v) is 4.98. The van der Waals surface area contributed by atoms with Crippen LogP contribution in [0, 0.1) is 6.92 Å². The Bertz CT molecular complexity index is 745. The van der Waals surface area contributed by atoms with Crippen LogP contribution in [0.5, 0.6) is 0 Å². The smallest absolute Gasteiger partial charge is 0.257 e. The first kappa shape index (κ1) is 18.5. The van der Waals surface area contributed by atoms with Gasteiger partial charge >= 0.3 is 0 Å². The molecule has 1 atom stereocenters. The molecule has 1 aromatic carbocycles. The van der Waals surface area contributed by atoms with Gasteiger partial charge in [-0.05, 0) is 53.2 Å². The van der Waals surface area contributed by atoms with E-state index in [9.17, 15) is 4.79 Å². The van der Waals surface area contributed by atoms with Crippen molar-refractivity contribution in [3.05, 3.63) is 47.9 Å². The number of likely N-dealkylation sites (tertiary alicyclic amines) is 1. The van der Waals surface area contributed by atoms with Crippen LogP contribution >= 0.6 is 0 Å². The lowest BCUT2D eigenvalue weighted by Crippen LogP contribution is -2.45. The fraction of sp³-hybridized carbons (Fsp3) is 0.476. The van der Waals surface area contributed by atoms with E-state index >= 15 is 0 Å². The highest BCUT2D eigenvalue weighted by Gasteiger charge is 2.29. The minimum absolute atomic E-state index is 0.0623. The van der Waals surface area contributed by atoms with Gasteiger partial charge < -0.3 is 9.80 Å². The Hall–Kier alpha value is -2.27. The van der Waals surface area contributed by atoms with Gasteiger partial charge in [-0.25, -0.2) is 9.97 Å². The minimum Gasteiger partial charge on any atom is -0.336 e. The molecule has 0 saturated carbocycles. The molecule has 1 aliphatic heterocycles. The molecule has 1 unspecified atom stereocenters. The molecular weight excluding hydrogens is 324 g/mol. The average Bonchev–Trinajstić information content (AvgIpc) is 2.66. The summed E-state index contributed by atoms with van der Waals surface area (Å²) in [5, 5.41) is 0. The second-order valence-electron chi connectivity index (χ2n) is 7.29. The molecule has 26 heavy (non-hydrogen) atoms. The van der Waals surface area contributed by atoms with Crippen molar-refractivity contribution in [2.24, 2.45) is 0 Å². The van der Waals surface area contributed by atoms with Gasteiger partial charge in [-0.2, -0.15) is 0 Å². The van der Waals surface area contributed by atoms with Crippen LogP contribution in [-0.2, 0) is 0 Å². The zero-order valence-corrected chi connectivity index (χ0v) is 16.0. The predicted octanol–water partition coefficient (Wildman–Crippen LogP) is 3.40. The van der Waals surface area contributed by atoms with Gasteiger partial charge in [0.25, 0.3) is 5.91 Å². The normalized spacial score (nSPS) is 17.5. The van der Waals surface area contributed by atoms with Gasteiger partial charge in [0.1, 0.15) is 5.82 Å². The fourth-order valence-corrected chi connectivity index (χ4v) is 3.57. The van der Waals surface area contributed by atoms with Crippen molar-refractivity contribution in [3.8, 4) is 11.3 Å². The summed E-state index contributed by atoms with van der Waals surface area (Å²) in [6, 6.07) is 10.2. The van der Waals surface area contributed by atoms with Crippen LogP contribution in [0.2, 0.25) is 0 Å². The molecule has 1 fully saturated rings. The predicted molar refractivity (Wildman–Crippen MR) is 104 cm³/mol. The SMILES string of the molecule is Cc1ncc(C(=O)N2CCCCC2CCN(C)C)c(-c2ccccc2)n1. The van der Waals surface area contributed by atoms with Crippen LogP contribution < -0.4 is 0 Å². The zero-order chi connectivity index (χ0) is 18.5. The quantitative estimate of drug-likeness (QED) is 0.827. The van der Waals surface area contributed by atoms with E-state index in [-0.39, 0.29) is 5.91 Å². The van der Waals surface area contributed by atoms with Crippen LogP contribution in [0.1, 0.15) is 41.9 Å². The maximum atomic E-state index is 13.4. The second-order valence-corrected chi connectivity index (χ2v) is 7.29. The highest BCUT2D eigenvalue weighted by Crippen LogP contribution is 2.26. The molecule has 5 heteroatoms. The van der Waals surface area contributed by atoms with E-state index in [0.29, 0.717) is 17.4 Å². The highest BCUT2D eigenvalue weighted by molar-refractivity contribution is 5.99. The summed E-state index contributed by atoms with van der Waals surface area (Å²) in [6.07, 6.45) is 6.04. The minimum atomic E-state index is 0.0623. The molecule has 0 spiro atoms. The van der Waals surface area contributed by atoms with E-state index < -0.39 is 0 Å². The fourth-order valence-electron chi connectivity index (χ4n) is 3.57. The first-order chi connectivity index (χ1) is 12.6. The summed E-state index contributed by atoms with van der Waals surface area (Å²) in [4.78, 5) is 26.5. The highest BCUT2D eigenvalue weighted by atomic mass is 16.2. The first-order valence-electron chi connectivity index (χ1n) is 9.41. The molecule has 1 saturated heterocycles. The Balaban J connectivity index is 1.91. The molecule has 2 heterocycles. The van der Waals surface area contributed by atoms with Gasteiger partial charge in [0, 0.05) is 24.3 Å². The number of carbonyl (C=O) groups excluding carboxylic acids is 1. The van der Waals surface area contributed by atoms with Crippen LogP contribution in [-0.4, -0.2) is 58.9 Å². The number of nitrogens with zero attached hydrogens (tertiary/aromatic N) is 4. The largest absolute Gasteiger partial charge is 0.336 e.